The van der Waals surface area contributed by atoms with Crippen molar-refractivity contribution < 1.29 is 107 Å². The molecule has 2 aromatic carbocycles. The van der Waals surface area contributed by atoms with Crippen LogP contribution in [-0.4, -0.2) is 294 Å². The van der Waals surface area contributed by atoms with Crippen molar-refractivity contribution in [1.82, 2.24) is 78.7 Å². The van der Waals surface area contributed by atoms with Crippen LogP contribution in [0.2, 0.25) is 0 Å². The SMILES string of the molecule is CC[C@H](C)[C@H](NC(=O)[C@@H]1C[C@@H](O)CN1C(=O)[C@@H](N)C(C)C)C(=O)N[C@H](C(=O)N[C@@H](Cc1ccc(O)cc1)C(=O)N[C@H](C(=O)N[C@@H](CC(N)=O)C(=O)N[C@@H](CCCNC(=N)N)C(=O)N[C@@H](CCN)C(=O)N[C@H](C(=O)N[C@@H](CCN)C(=O)N[C@@H](CCCCN)C(=O)N[C@@H](CCN)C(=O)SN[C@@H](CS)C(=O)N[C@@H](Cc1ccc(O)cc1)C(=O)O)[C@@H](C)O)[C@@H](C)O)C(C)(C)S. The fourth-order valence-corrected chi connectivity index (χ4v) is 14.1. The number of carbonyl (C=O) groups is 16. The minimum absolute atomic E-state index is 0.0659. The van der Waals surface area contributed by atoms with Crippen LogP contribution in [0.1, 0.15) is 137 Å². The van der Waals surface area contributed by atoms with E-state index in [0.29, 0.717) is 35.9 Å². The molecule has 3 rings (SSSR count). The number of likely N-dealkylation sites (tertiary alicyclic amines) is 1. The fourth-order valence-electron chi connectivity index (χ4n) is 12.8. The van der Waals surface area contributed by atoms with E-state index in [1.165, 1.54) is 62.4 Å². The van der Waals surface area contributed by atoms with Crippen molar-refractivity contribution in [3.05, 3.63) is 59.7 Å². The molecule has 0 radical (unpaired) electrons. The van der Waals surface area contributed by atoms with E-state index < -0.39 is 239 Å². The number of phenols is 2. The highest BCUT2D eigenvalue weighted by atomic mass is 32.2. The number of rotatable bonds is 56. The van der Waals surface area contributed by atoms with E-state index >= 15 is 0 Å². The molecule has 1 aliphatic rings. The van der Waals surface area contributed by atoms with Crippen molar-refractivity contribution in [3.63, 3.8) is 0 Å². The Kier molecular flexibility index (Phi) is 47.7. The Labute approximate surface area is 745 Å². The van der Waals surface area contributed by atoms with Gasteiger partial charge in [-0.2, -0.15) is 25.3 Å². The molecule has 0 saturated carbocycles. The van der Waals surface area contributed by atoms with Crippen LogP contribution in [-0.2, 0) is 89.6 Å². The number of primary amides is 1. The molecule has 0 aromatic heterocycles. The molecule has 1 saturated heterocycles. The first kappa shape index (κ1) is 110. The predicted molar refractivity (Wildman–Crippen MR) is 470 cm³/mol. The number of nitrogens with two attached hydrogens (primary N) is 7. The first-order chi connectivity index (χ1) is 59.2. The molecular formula is C78H129N23O22S3. The number of carboxylic acid groups (broad SMARTS) is 1. The van der Waals surface area contributed by atoms with Gasteiger partial charge in [-0.15, -0.1) is 0 Å². The number of aromatic hydroxyl groups is 2. The molecular weight excluding hydrogens is 1710 g/mol. The van der Waals surface area contributed by atoms with Gasteiger partial charge in [0.25, 0.3) is 0 Å². The summed E-state index contributed by atoms with van der Waals surface area (Å²) in [6.45, 7) is 10.9. The van der Waals surface area contributed by atoms with E-state index in [4.69, 9.17) is 45.5 Å². The Morgan fingerprint density at radius 3 is 1.37 bits per heavy atom. The smallest absolute Gasteiger partial charge is 0.326 e. The van der Waals surface area contributed by atoms with Crippen LogP contribution in [0.25, 0.3) is 0 Å². The summed E-state index contributed by atoms with van der Waals surface area (Å²) in [5.74, 6) is -18.1. The molecule has 0 unspecified atom stereocenters. The molecule has 2 aromatic rings. The second-order valence-corrected chi connectivity index (χ2v) is 34.0. The van der Waals surface area contributed by atoms with Crippen LogP contribution in [0.5, 0.6) is 11.5 Å². The maximum Gasteiger partial charge on any atom is 0.326 e. The van der Waals surface area contributed by atoms with Crippen LogP contribution in [0.15, 0.2) is 48.5 Å². The zero-order chi connectivity index (χ0) is 95.2. The Hall–Kier alpha value is -10.3. The lowest BCUT2D eigenvalue weighted by atomic mass is 9.95. The maximum atomic E-state index is 14.7. The van der Waals surface area contributed by atoms with Gasteiger partial charge >= 0.3 is 5.97 Å². The third-order valence-electron chi connectivity index (χ3n) is 20.3. The molecule has 126 heavy (non-hydrogen) atoms. The zero-order valence-electron chi connectivity index (χ0n) is 71.8. The quantitative estimate of drug-likeness (QED) is 0.00961. The highest BCUT2D eigenvalue weighted by molar-refractivity contribution is 8.12. The Balaban J connectivity index is 1.91. The van der Waals surface area contributed by atoms with E-state index in [1.54, 1.807) is 27.7 Å². The number of unbranched alkanes of at least 4 members (excludes halogenated alkanes) is 1. The number of aliphatic hydroxyl groups is 3. The van der Waals surface area contributed by atoms with Crippen LogP contribution >= 0.6 is 37.2 Å². The van der Waals surface area contributed by atoms with Gasteiger partial charge < -0.3 is 145 Å². The van der Waals surface area contributed by atoms with Crippen LogP contribution in [0.3, 0.4) is 0 Å². The van der Waals surface area contributed by atoms with Gasteiger partial charge in [-0.1, -0.05) is 58.4 Å². The molecule has 0 spiro atoms. The Morgan fingerprint density at radius 2 is 0.929 bits per heavy atom. The highest BCUT2D eigenvalue weighted by Gasteiger charge is 2.46. The topological polar surface area (TPSA) is 772 Å². The maximum absolute atomic E-state index is 14.7. The molecule has 45 nitrogen and oxygen atoms in total. The second-order valence-electron chi connectivity index (χ2n) is 31.6. The molecule has 1 fully saturated rings. The van der Waals surface area contributed by atoms with Crippen LogP contribution in [0.4, 0.5) is 0 Å². The Bertz CT molecular complexity index is 4010. The third kappa shape index (κ3) is 37.0. The number of benzene rings is 2. The fraction of sp³-hybridized carbons (Fsp3) is 0.628. The monoisotopic (exact) mass is 1840 g/mol. The molecule has 706 valence electrons. The number of amides is 14. The number of carboxylic acids is 1. The second kappa shape index (κ2) is 54.7. The summed E-state index contributed by atoms with van der Waals surface area (Å²) in [5, 5.41) is 101. The van der Waals surface area contributed by atoms with Crippen molar-refractivity contribution in [2.45, 2.75) is 253 Å². The molecule has 48 heteroatoms. The Morgan fingerprint density at radius 1 is 0.524 bits per heavy atom. The van der Waals surface area contributed by atoms with Crippen molar-refractivity contribution in [2.75, 3.05) is 45.0 Å². The number of carbonyl (C=O) groups excluding carboxylic acids is 15. The third-order valence-corrected chi connectivity index (χ3v) is 21.8. The minimum atomic E-state index is -2.06. The molecule has 0 bridgehead atoms. The van der Waals surface area contributed by atoms with E-state index in [2.05, 4.69) is 99.1 Å². The van der Waals surface area contributed by atoms with Gasteiger partial charge in [0.1, 0.15) is 96.1 Å². The highest BCUT2D eigenvalue weighted by Crippen LogP contribution is 2.25. The van der Waals surface area contributed by atoms with E-state index in [0.717, 1.165) is 18.7 Å². The van der Waals surface area contributed by atoms with Crippen LogP contribution < -0.4 is 114 Å². The molecule has 19 atom stereocenters. The summed E-state index contributed by atoms with van der Waals surface area (Å²) in [6, 6.07) is -12.7. The lowest BCUT2D eigenvalue weighted by molar-refractivity contribution is -0.142. The zero-order valence-corrected chi connectivity index (χ0v) is 74.4. The summed E-state index contributed by atoms with van der Waals surface area (Å²) in [7, 11) is 0. The number of phenolic OH excluding ortho intramolecular Hbond substituents is 2. The van der Waals surface area contributed by atoms with Crippen molar-refractivity contribution in [3.8, 4) is 11.5 Å². The molecule has 35 N–H and O–H groups in total. The summed E-state index contributed by atoms with van der Waals surface area (Å²) < 4.78 is 1.15. The van der Waals surface area contributed by atoms with E-state index in [1.807, 2.05) is 0 Å². The first-order valence-corrected chi connectivity index (χ1v) is 43.1. The van der Waals surface area contributed by atoms with Gasteiger partial charge in [-0.05, 0) is 164 Å². The van der Waals surface area contributed by atoms with Gasteiger partial charge in [-0.3, -0.25) is 77.3 Å². The van der Waals surface area contributed by atoms with Crippen molar-refractivity contribution in [2.24, 2.45) is 52.0 Å². The summed E-state index contributed by atoms with van der Waals surface area (Å²) >= 11 is 9.20. The predicted octanol–water partition coefficient (Wildman–Crippen LogP) is -8.38. The van der Waals surface area contributed by atoms with Gasteiger partial charge in [0.15, 0.2) is 5.96 Å². The number of aliphatic carboxylic acids is 1. The van der Waals surface area contributed by atoms with Crippen molar-refractivity contribution in [1.29, 1.82) is 5.41 Å². The first-order valence-electron chi connectivity index (χ1n) is 41.2. The standard InChI is InChI=1S/C78H129N23O22S3/c1-9-38(4)58(96-69(115)55-33-45(106)35-101(55)74(120)57(84)37(2)3)70(116)99-61(78(7,8)125)73(119)94-51(31-41-15-19-43(104)20-16-41)67(113)98-60(40(6)103)72(118)93-52(34-56(83)107)66(112)89-47(14-12-30-87-77(85)86)62(108)90-49(24-28-81)65(111)97-59(39(5)102)71(117)91-48(23-27-80)64(110)88-46(13-10-11-26-79)63(109)92-50(25-29-82)76(123)126-100-54(36-124)68(114)95-53(75(121)122)32-42-17-21-44(105)22-18-42/h15-22,37-40,45-55,57-61,100,102-106,124-125H,9-14,23-36,79-82,84H2,1-8H3,(H2,83,107)(H,88,110)(H,89,112)(H,90,108)(H,91,117)(H,92,109)(H,93,118)(H,94,119)(H,95,114)(H,96,115)(H,97,111)(H,98,113)(H,99,116)(H,121,122)(H4,85,86,87)/t38-,39+,40+,45+,46-,47-,48-,49-,50-,51-,52-,53-,54-,55-,57-,58-,59-,60-,61+/m0/s1. The number of hydrogen-bond acceptors (Lipinski definition) is 31. The number of guanidine groups is 1. The van der Waals surface area contributed by atoms with Gasteiger partial charge in [0.05, 0.1) is 30.8 Å². The summed E-state index contributed by atoms with van der Waals surface area (Å²) in [5.41, 5.74) is 41.4. The lowest BCUT2D eigenvalue weighted by Gasteiger charge is -2.34. The van der Waals surface area contributed by atoms with E-state index in [9.17, 15) is 107 Å². The lowest BCUT2D eigenvalue weighted by Crippen LogP contribution is -2.64. The summed E-state index contributed by atoms with van der Waals surface area (Å²) in [4.78, 5) is 225. The van der Waals surface area contributed by atoms with Crippen LogP contribution in [0, 0.1) is 17.2 Å². The van der Waals surface area contributed by atoms with Gasteiger partial charge in [0.2, 0.25) is 87.8 Å². The van der Waals surface area contributed by atoms with Gasteiger partial charge in [0, 0.05) is 42.9 Å². The number of aliphatic hydroxyl groups excluding tert-OH is 3. The molecule has 1 heterocycles. The number of nitrogens with zero attached hydrogens (tertiary/aromatic N) is 1. The van der Waals surface area contributed by atoms with E-state index in [-0.39, 0.29) is 114 Å². The van der Waals surface area contributed by atoms with Gasteiger partial charge in [-0.25, -0.2) is 9.52 Å². The summed E-state index contributed by atoms with van der Waals surface area (Å²) in [6.07, 6.45) is -7.10. The van der Waals surface area contributed by atoms with Crippen molar-refractivity contribution >= 4 is 137 Å². The average molecular weight is 1840 g/mol. The average Bonchev–Trinajstić information content (AvgIpc) is 1.60. The normalized spacial score (nSPS) is 17.3. The number of hydrogen-bond donors (Lipinski definition) is 30. The molecule has 14 amide bonds. The number of nitrogens with one attached hydrogen (secondary N) is 15. The number of β-amino-alcohol motifs (C(OH)–C–C–N with tert-alkyl or cyclic N) is 1. The number of thiol groups is 2. The largest absolute Gasteiger partial charge is 0.508 e. The minimum Gasteiger partial charge on any atom is -0.508 e. The molecule has 1 aliphatic heterocycles. The molecule has 0 aliphatic carbocycles.